The van der Waals surface area contributed by atoms with E-state index in [1.807, 2.05) is 25.1 Å². The number of anilines is 1. The smallest absolute Gasteiger partial charge is 0.341 e. The molecule has 6 heteroatoms. The monoisotopic (exact) mass is 273 g/mol. The number of hydrogen-bond acceptors (Lipinski definition) is 5. The zero-order chi connectivity index (χ0) is 14.5. The first-order valence-corrected chi connectivity index (χ1v) is 6.15. The predicted molar refractivity (Wildman–Crippen MR) is 75.1 cm³/mol. The van der Waals surface area contributed by atoms with Crippen molar-refractivity contribution in [3.05, 3.63) is 36.0 Å². The van der Waals surface area contributed by atoms with E-state index in [1.165, 1.54) is 6.20 Å². The van der Waals surface area contributed by atoms with Gasteiger partial charge in [0.05, 0.1) is 12.7 Å². The van der Waals surface area contributed by atoms with E-state index < -0.39 is 5.97 Å². The van der Waals surface area contributed by atoms with Gasteiger partial charge in [0.2, 0.25) is 0 Å². The number of nitrogens with one attached hydrogen (secondary N) is 1. The molecule has 0 amide bonds. The van der Waals surface area contributed by atoms with E-state index in [2.05, 4.69) is 15.3 Å². The normalized spacial score (nSPS) is 10.1. The maximum atomic E-state index is 11.1. The summed E-state index contributed by atoms with van der Waals surface area (Å²) in [6.45, 7) is 2.44. The summed E-state index contributed by atoms with van der Waals surface area (Å²) in [5.41, 5.74) is 0.761. The van der Waals surface area contributed by atoms with Crippen LogP contribution in [0.4, 0.5) is 5.82 Å². The second-order valence-electron chi connectivity index (χ2n) is 3.99. The minimum Gasteiger partial charge on any atom is -0.496 e. The van der Waals surface area contributed by atoms with Gasteiger partial charge in [-0.3, -0.25) is 0 Å². The summed E-state index contributed by atoms with van der Waals surface area (Å²) in [6.07, 6.45) is 1.30. The van der Waals surface area contributed by atoms with Gasteiger partial charge in [-0.2, -0.15) is 0 Å². The third-order valence-electron chi connectivity index (χ3n) is 2.71. The Morgan fingerprint density at radius 2 is 2.15 bits per heavy atom. The zero-order valence-corrected chi connectivity index (χ0v) is 11.3. The van der Waals surface area contributed by atoms with Crippen LogP contribution in [0.3, 0.4) is 0 Å². The van der Waals surface area contributed by atoms with E-state index >= 15 is 0 Å². The Hall–Kier alpha value is -2.63. The molecule has 1 heterocycles. The highest BCUT2D eigenvalue weighted by atomic mass is 16.5. The third kappa shape index (κ3) is 2.69. The Morgan fingerprint density at radius 1 is 1.40 bits per heavy atom. The number of carbonyl (C=O) groups is 1. The van der Waals surface area contributed by atoms with E-state index in [1.54, 1.807) is 13.2 Å². The zero-order valence-electron chi connectivity index (χ0n) is 11.3. The first kappa shape index (κ1) is 13.8. The molecule has 2 aromatic rings. The number of carboxylic acid groups (broad SMARTS) is 1. The molecule has 0 aliphatic rings. The lowest BCUT2D eigenvalue weighted by atomic mass is 10.2. The highest BCUT2D eigenvalue weighted by Gasteiger charge is 2.15. The van der Waals surface area contributed by atoms with Crippen molar-refractivity contribution in [2.45, 2.75) is 6.92 Å². The van der Waals surface area contributed by atoms with Crippen molar-refractivity contribution in [3.8, 4) is 17.1 Å². The number of benzene rings is 1. The predicted octanol–water partition coefficient (Wildman–Crippen LogP) is 2.28. The summed E-state index contributed by atoms with van der Waals surface area (Å²) < 4.78 is 5.26. The number of aromatic nitrogens is 2. The second-order valence-corrected chi connectivity index (χ2v) is 3.99. The molecule has 0 aliphatic carbocycles. The molecule has 0 unspecified atom stereocenters. The number of ether oxygens (including phenoxy) is 1. The SMILES string of the molecule is CCNc1nc(-c2ccccc2OC)ncc1C(=O)O. The van der Waals surface area contributed by atoms with E-state index in [4.69, 9.17) is 9.84 Å². The Labute approximate surface area is 116 Å². The van der Waals surface area contributed by atoms with Gasteiger partial charge in [0.25, 0.3) is 0 Å². The Bertz CT molecular complexity index is 629. The van der Waals surface area contributed by atoms with Crippen molar-refractivity contribution in [1.29, 1.82) is 0 Å². The highest BCUT2D eigenvalue weighted by Crippen LogP contribution is 2.28. The van der Waals surface area contributed by atoms with Gasteiger partial charge in [-0.05, 0) is 19.1 Å². The summed E-state index contributed by atoms with van der Waals surface area (Å²) in [6, 6.07) is 7.32. The van der Waals surface area contributed by atoms with Crippen molar-refractivity contribution in [1.82, 2.24) is 9.97 Å². The molecule has 104 valence electrons. The second kappa shape index (κ2) is 6.01. The fourth-order valence-electron chi connectivity index (χ4n) is 1.80. The van der Waals surface area contributed by atoms with Crippen LogP contribution in [-0.4, -0.2) is 34.7 Å². The largest absolute Gasteiger partial charge is 0.496 e. The summed E-state index contributed by atoms with van der Waals surface area (Å²) in [4.78, 5) is 19.5. The van der Waals surface area contributed by atoms with Crippen LogP contribution in [-0.2, 0) is 0 Å². The molecule has 0 radical (unpaired) electrons. The van der Waals surface area contributed by atoms with Gasteiger partial charge in [-0.1, -0.05) is 12.1 Å². The number of hydrogen-bond donors (Lipinski definition) is 2. The van der Waals surface area contributed by atoms with Crippen LogP contribution in [0.1, 0.15) is 17.3 Å². The molecule has 0 atom stereocenters. The van der Waals surface area contributed by atoms with E-state index in [-0.39, 0.29) is 5.56 Å². The molecule has 0 fully saturated rings. The van der Waals surface area contributed by atoms with Crippen molar-refractivity contribution in [3.63, 3.8) is 0 Å². The average Bonchev–Trinajstić information content (AvgIpc) is 2.47. The number of para-hydroxylation sites is 1. The summed E-state index contributed by atoms with van der Waals surface area (Å²) in [5, 5.41) is 12.0. The fourth-order valence-corrected chi connectivity index (χ4v) is 1.80. The van der Waals surface area contributed by atoms with Crippen molar-refractivity contribution >= 4 is 11.8 Å². The Kier molecular flexibility index (Phi) is 4.14. The molecule has 2 rings (SSSR count). The van der Waals surface area contributed by atoms with Crippen LogP contribution in [0, 0.1) is 0 Å². The van der Waals surface area contributed by atoms with Crippen LogP contribution in [0.2, 0.25) is 0 Å². The quantitative estimate of drug-likeness (QED) is 0.869. The molecule has 20 heavy (non-hydrogen) atoms. The van der Waals surface area contributed by atoms with Gasteiger partial charge in [-0.15, -0.1) is 0 Å². The van der Waals surface area contributed by atoms with Crippen LogP contribution < -0.4 is 10.1 Å². The van der Waals surface area contributed by atoms with Gasteiger partial charge in [0.1, 0.15) is 17.1 Å². The molecule has 1 aromatic heterocycles. The van der Waals surface area contributed by atoms with Crippen LogP contribution >= 0.6 is 0 Å². The third-order valence-corrected chi connectivity index (χ3v) is 2.71. The van der Waals surface area contributed by atoms with Crippen molar-refractivity contribution in [2.75, 3.05) is 19.0 Å². The van der Waals surface area contributed by atoms with Crippen molar-refractivity contribution in [2.24, 2.45) is 0 Å². The first-order chi connectivity index (χ1) is 9.67. The number of nitrogens with zero attached hydrogens (tertiary/aromatic N) is 2. The lowest BCUT2D eigenvalue weighted by molar-refractivity contribution is 0.0697. The fraction of sp³-hybridized carbons (Fsp3) is 0.214. The number of methoxy groups -OCH3 is 1. The highest BCUT2D eigenvalue weighted by molar-refractivity contribution is 5.93. The minimum atomic E-state index is -1.06. The molecular formula is C14H15N3O3. The molecule has 0 saturated heterocycles. The van der Waals surface area contributed by atoms with E-state index in [9.17, 15) is 4.79 Å². The Morgan fingerprint density at radius 3 is 2.80 bits per heavy atom. The first-order valence-electron chi connectivity index (χ1n) is 6.15. The van der Waals surface area contributed by atoms with E-state index in [0.717, 1.165) is 0 Å². The maximum absolute atomic E-state index is 11.1. The van der Waals surface area contributed by atoms with Crippen LogP contribution in [0.25, 0.3) is 11.4 Å². The lowest BCUT2D eigenvalue weighted by Crippen LogP contribution is -2.09. The van der Waals surface area contributed by atoms with Gasteiger partial charge < -0.3 is 15.2 Å². The molecule has 6 nitrogen and oxygen atoms in total. The van der Waals surface area contributed by atoms with Gasteiger partial charge >= 0.3 is 5.97 Å². The van der Waals surface area contributed by atoms with Crippen LogP contribution in [0.15, 0.2) is 30.5 Å². The number of aromatic carboxylic acids is 1. The summed E-state index contributed by atoms with van der Waals surface area (Å²) in [7, 11) is 1.57. The summed E-state index contributed by atoms with van der Waals surface area (Å²) in [5.74, 6) is 0.296. The van der Waals surface area contributed by atoms with Gasteiger partial charge in [0, 0.05) is 12.7 Å². The number of rotatable bonds is 5. The molecule has 0 spiro atoms. The Balaban J connectivity index is 2.53. The van der Waals surface area contributed by atoms with Gasteiger partial charge in [-0.25, -0.2) is 14.8 Å². The van der Waals surface area contributed by atoms with E-state index in [0.29, 0.717) is 29.5 Å². The summed E-state index contributed by atoms with van der Waals surface area (Å²) >= 11 is 0. The molecule has 0 bridgehead atoms. The van der Waals surface area contributed by atoms with Gasteiger partial charge in [0.15, 0.2) is 5.82 Å². The molecular weight excluding hydrogens is 258 g/mol. The molecule has 1 aromatic carbocycles. The minimum absolute atomic E-state index is 0.0468. The molecule has 0 aliphatic heterocycles. The average molecular weight is 273 g/mol. The number of carboxylic acids is 1. The van der Waals surface area contributed by atoms with Crippen LogP contribution in [0.5, 0.6) is 5.75 Å². The lowest BCUT2D eigenvalue weighted by Gasteiger charge is -2.10. The topological polar surface area (TPSA) is 84.3 Å². The molecule has 2 N–H and O–H groups in total. The van der Waals surface area contributed by atoms with Crippen molar-refractivity contribution < 1.29 is 14.6 Å². The standard InChI is InChI=1S/C14H15N3O3/c1-3-15-13-10(14(18)19)8-16-12(17-13)9-6-4-5-7-11(9)20-2/h4-8H,3H2,1-2H3,(H,18,19)(H,15,16,17). The maximum Gasteiger partial charge on any atom is 0.341 e. The molecule has 0 saturated carbocycles.